The fourth-order valence-electron chi connectivity index (χ4n) is 1.81. The molecule has 2 aromatic rings. The summed E-state index contributed by atoms with van der Waals surface area (Å²) in [6, 6.07) is 14.4. The highest BCUT2D eigenvalue weighted by Crippen LogP contribution is 2.18. The van der Waals surface area contributed by atoms with E-state index in [1.54, 1.807) is 0 Å². The van der Waals surface area contributed by atoms with E-state index in [1.165, 1.54) is 16.8 Å². The van der Waals surface area contributed by atoms with Gasteiger partial charge < -0.3 is 11.1 Å². The summed E-state index contributed by atoms with van der Waals surface area (Å²) in [4.78, 5) is 0. The van der Waals surface area contributed by atoms with E-state index < -0.39 is 0 Å². The molecule has 2 heteroatoms. The average molecular weight is 226 g/mol. The lowest BCUT2D eigenvalue weighted by molar-refractivity contribution is 1.14. The van der Waals surface area contributed by atoms with Crippen molar-refractivity contribution in [3.05, 3.63) is 59.2 Å². The van der Waals surface area contributed by atoms with Crippen LogP contribution in [0.3, 0.4) is 0 Å². The molecule has 0 atom stereocenters. The first kappa shape index (κ1) is 11.5. The smallest absolute Gasteiger partial charge is 0.0421 e. The third-order valence-corrected chi connectivity index (χ3v) is 2.92. The zero-order valence-corrected chi connectivity index (χ0v) is 10.3. The molecule has 0 aromatic heterocycles. The van der Waals surface area contributed by atoms with Crippen LogP contribution >= 0.6 is 0 Å². The van der Waals surface area contributed by atoms with Crippen LogP contribution in [0.5, 0.6) is 0 Å². The molecule has 0 amide bonds. The van der Waals surface area contributed by atoms with Crippen LogP contribution in [0.25, 0.3) is 0 Å². The van der Waals surface area contributed by atoms with Crippen LogP contribution in [0, 0.1) is 13.8 Å². The van der Waals surface area contributed by atoms with Crippen molar-refractivity contribution in [1.82, 2.24) is 0 Å². The first-order valence-corrected chi connectivity index (χ1v) is 5.81. The summed E-state index contributed by atoms with van der Waals surface area (Å²) in [6.45, 7) is 4.97. The molecule has 3 N–H and O–H groups in total. The number of nitrogens with one attached hydrogen (secondary N) is 1. The molecule has 0 radical (unpaired) electrons. The lowest BCUT2D eigenvalue weighted by Gasteiger charge is -2.11. The number of anilines is 2. The molecule has 0 bridgehead atoms. The zero-order valence-electron chi connectivity index (χ0n) is 10.3. The summed E-state index contributed by atoms with van der Waals surface area (Å²) >= 11 is 0. The second-order valence-electron chi connectivity index (χ2n) is 4.37. The fourth-order valence-corrected chi connectivity index (χ4v) is 1.81. The van der Waals surface area contributed by atoms with Gasteiger partial charge in [-0.25, -0.2) is 0 Å². The normalized spacial score (nSPS) is 10.2. The number of para-hydroxylation sites is 1. The molecule has 0 unspecified atom stereocenters. The van der Waals surface area contributed by atoms with Crippen molar-refractivity contribution in [1.29, 1.82) is 0 Å². The van der Waals surface area contributed by atoms with Crippen LogP contribution in [-0.4, -0.2) is 0 Å². The summed E-state index contributed by atoms with van der Waals surface area (Å²) < 4.78 is 0. The molecule has 0 heterocycles. The molecule has 0 saturated carbocycles. The van der Waals surface area contributed by atoms with Crippen LogP contribution in [-0.2, 0) is 6.54 Å². The molecule has 0 aliphatic rings. The van der Waals surface area contributed by atoms with Crippen LogP contribution in [0.4, 0.5) is 11.4 Å². The minimum atomic E-state index is 0.761. The Morgan fingerprint density at radius 1 is 1.06 bits per heavy atom. The molecule has 2 nitrogen and oxygen atoms in total. The maximum absolute atomic E-state index is 5.91. The topological polar surface area (TPSA) is 38.0 Å². The maximum Gasteiger partial charge on any atom is 0.0421 e. The standard InChI is InChI=1S/C15H18N2/c1-11-7-8-12(2)15(9-11)17-10-13-5-3-4-6-14(13)16/h3-9,17H,10,16H2,1-2H3. The van der Waals surface area contributed by atoms with Gasteiger partial charge in [0.15, 0.2) is 0 Å². The molecular formula is C15H18N2. The maximum atomic E-state index is 5.91. The minimum Gasteiger partial charge on any atom is -0.398 e. The number of benzene rings is 2. The van der Waals surface area contributed by atoms with Crippen molar-refractivity contribution >= 4 is 11.4 Å². The first-order chi connectivity index (χ1) is 8.16. The van der Waals surface area contributed by atoms with E-state index >= 15 is 0 Å². The minimum absolute atomic E-state index is 0.761. The largest absolute Gasteiger partial charge is 0.398 e. The van der Waals surface area contributed by atoms with Crippen molar-refractivity contribution in [2.24, 2.45) is 0 Å². The highest BCUT2D eigenvalue weighted by Gasteiger charge is 2.00. The van der Waals surface area contributed by atoms with Gasteiger partial charge in [-0.05, 0) is 42.7 Å². The van der Waals surface area contributed by atoms with Crippen molar-refractivity contribution < 1.29 is 0 Å². The Labute approximate surface area is 102 Å². The van der Waals surface area contributed by atoms with Crippen LogP contribution in [0.15, 0.2) is 42.5 Å². The van der Waals surface area contributed by atoms with E-state index in [2.05, 4.69) is 37.4 Å². The second-order valence-corrected chi connectivity index (χ2v) is 4.37. The van der Waals surface area contributed by atoms with Crippen molar-refractivity contribution in [2.45, 2.75) is 20.4 Å². The third kappa shape index (κ3) is 2.78. The molecule has 2 aromatic carbocycles. The van der Waals surface area contributed by atoms with Crippen molar-refractivity contribution in [3.8, 4) is 0 Å². The van der Waals surface area contributed by atoms with Gasteiger partial charge in [0.2, 0.25) is 0 Å². The number of rotatable bonds is 3. The Hall–Kier alpha value is -1.96. The van der Waals surface area contributed by atoms with Crippen molar-refractivity contribution in [2.75, 3.05) is 11.1 Å². The molecule has 0 spiro atoms. The lowest BCUT2D eigenvalue weighted by atomic mass is 10.1. The quantitative estimate of drug-likeness (QED) is 0.786. The average Bonchev–Trinajstić information content (AvgIpc) is 2.32. The zero-order chi connectivity index (χ0) is 12.3. The Balaban J connectivity index is 2.12. The van der Waals surface area contributed by atoms with E-state index in [1.807, 2.05) is 24.3 Å². The SMILES string of the molecule is Cc1ccc(C)c(NCc2ccccc2N)c1. The van der Waals surface area contributed by atoms with Crippen molar-refractivity contribution in [3.63, 3.8) is 0 Å². The molecule has 88 valence electrons. The summed E-state index contributed by atoms with van der Waals surface area (Å²) in [5.74, 6) is 0. The first-order valence-electron chi connectivity index (χ1n) is 5.81. The molecule has 2 rings (SSSR count). The monoisotopic (exact) mass is 226 g/mol. The van der Waals surface area contributed by atoms with E-state index in [0.717, 1.165) is 17.8 Å². The Morgan fingerprint density at radius 2 is 1.82 bits per heavy atom. The molecule has 0 saturated heterocycles. The van der Waals surface area contributed by atoms with E-state index in [0.29, 0.717) is 0 Å². The number of aryl methyl sites for hydroxylation is 2. The van der Waals surface area contributed by atoms with Gasteiger partial charge in [-0.3, -0.25) is 0 Å². The predicted octanol–water partition coefficient (Wildman–Crippen LogP) is 3.50. The molecule has 17 heavy (non-hydrogen) atoms. The summed E-state index contributed by atoms with van der Waals surface area (Å²) in [5, 5.41) is 3.43. The van der Waals surface area contributed by atoms with Gasteiger partial charge in [-0.1, -0.05) is 30.3 Å². The van der Waals surface area contributed by atoms with Crippen LogP contribution < -0.4 is 11.1 Å². The van der Waals surface area contributed by atoms with Gasteiger partial charge in [0, 0.05) is 17.9 Å². The Morgan fingerprint density at radius 3 is 2.59 bits per heavy atom. The molecular weight excluding hydrogens is 208 g/mol. The molecule has 0 fully saturated rings. The third-order valence-electron chi connectivity index (χ3n) is 2.92. The van der Waals surface area contributed by atoms with Gasteiger partial charge in [0.1, 0.15) is 0 Å². The van der Waals surface area contributed by atoms with E-state index in [4.69, 9.17) is 5.73 Å². The van der Waals surface area contributed by atoms with Gasteiger partial charge >= 0.3 is 0 Å². The molecule has 0 aliphatic carbocycles. The molecule has 0 aliphatic heterocycles. The van der Waals surface area contributed by atoms with Gasteiger partial charge in [0.25, 0.3) is 0 Å². The lowest BCUT2D eigenvalue weighted by Crippen LogP contribution is -2.04. The Kier molecular flexibility index (Phi) is 3.33. The van der Waals surface area contributed by atoms with Crippen LogP contribution in [0.1, 0.15) is 16.7 Å². The highest BCUT2D eigenvalue weighted by atomic mass is 14.9. The van der Waals surface area contributed by atoms with E-state index in [9.17, 15) is 0 Å². The number of nitrogens with two attached hydrogens (primary N) is 1. The van der Waals surface area contributed by atoms with Gasteiger partial charge in [-0.15, -0.1) is 0 Å². The highest BCUT2D eigenvalue weighted by molar-refractivity contribution is 5.54. The Bertz CT molecular complexity index is 518. The number of nitrogen functional groups attached to an aromatic ring is 1. The van der Waals surface area contributed by atoms with Gasteiger partial charge in [0.05, 0.1) is 0 Å². The predicted molar refractivity (Wildman–Crippen MR) is 74.1 cm³/mol. The summed E-state index contributed by atoms with van der Waals surface area (Å²) in [7, 11) is 0. The number of hydrogen-bond acceptors (Lipinski definition) is 2. The van der Waals surface area contributed by atoms with E-state index in [-0.39, 0.29) is 0 Å². The second kappa shape index (κ2) is 4.91. The fraction of sp³-hybridized carbons (Fsp3) is 0.200. The summed E-state index contributed by atoms with van der Waals surface area (Å²) in [5.41, 5.74) is 11.6. The van der Waals surface area contributed by atoms with Crippen LogP contribution in [0.2, 0.25) is 0 Å². The number of hydrogen-bond donors (Lipinski definition) is 2. The van der Waals surface area contributed by atoms with Gasteiger partial charge in [-0.2, -0.15) is 0 Å². The summed E-state index contributed by atoms with van der Waals surface area (Å²) in [6.07, 6.45) is 0.